The van der Waals surface area contributed by atoms with E-state index in [0.29, 0.717) is 22.6 Å². The van der Waals surface area contributed by atoms with E-state index in [9.17, 15) is 9.18 Å². The summed E-state index contributed by atoms with van der Waals surface area (Å²) < 4.78 is 28.6. The number of aliphatic imine (C=N–C) groups is 1. The summed E-state index contributed by atoms with van der Waals surface area (Å²) in [7, 11) is 3.08. The highest BCUT2D eigenvalue weighted by molar-refractivity contribution is 6.12. The summed E-state index contributed by atoms with van der Waals surface area (Å²) in [5.41, 5.74) is 1.28. The van der Waals surface area contributed by atoms with Crippen molar-refractivity contribution < 1.29 is 23.4 Å². The van der Waals surface area contributed by atoms with Crippen LogP contribution in [0.5, 0.6) is 11.5 Å². The molecule has 0 saturated heterocycles. The van der Waals surface area contributed by atoms with E-state index in [-0.39, 0.29) is 17.4 Å². The van der Waals surface area contributed by atoms with Gasteiger partial charge < -0.3 is 14.2 Å². The van der Waals surface area contributed by atoms with Crippen LogP contribution >= 0.6 is 0 Å². The van der Waals surface area contributed by atoms with Crippen LogP contribution in [-0.4, -0.2) is 26.1 Å². The molecule has 0 aromatic heterocycles. The topological polar surface area (TPSA) is 57.1 Å². The molecular weight excluding hydrogens is 313 g/mol. The molecule has 122 valence electrons. The highest BCUT2D eigenvalue weighted by Crippen LogP contribution is 2.28. The zero-order valence-electron chi connectivity index (χ0n) is 13.1. The molecule has 6 heteroatoms. The molecule has 1 aliphatic rings. The molecule has 0 saturated carbocycles. The molecule has 0 fully saturated rings. The summed E-state index contributed by atoms with van der Waals surface area (Å²) in [6.07, 6.45) is 1.56. The Bertz CT molecular complexity index is 841. The monoisotopic (exact) mass is 327 g/mol. The molecular formula is C18H14FNO4. The van der Waals surface area contributed by atoms with Gasteiger partial charge in [0.1, 0.15) is 17.3 Å². The molecule has 24 heavy (non-hydrogen) atoms. The Hall–Kier alpha value is -3.15. The van der Waals surface area contributed by atoms with Gasteiger partial charge in [-0.15, -0.1) is 0 Å². The summed E-state index contributed by atoms with van der Waals surface area (Å²) in [4.78, 5) is 16.2. The first-order valence-corrected chi connectivity index (χ1v) is 7.11. The Kier molecular flexibility index (Phi) is 4.29. The lowest BCUT2D eigenvalue weighted by molar-refractivity contribution is -0.129. The number of hydrogen-bond donors (Lipinski definition) is 0. The standard InChI is InChI=1S/C18H14FNO4/c1-22-14-7-8-16(23-2)12(9-14)10-15-18(21)24-17(20-15)11-3-5-13(19)6-4-11/h3-10H,1-2H3/b15-10+. The van der Waals surface area contributed by atoms with Gasteiger partial charge >= 0.3 is 5.97 Å². The van der Waals surface area contributed by atoms with E-state index >= 15 is 0 Å². The minimum absolute atomic E-state index is 0.126. The number of benzene rings is 2. The molecule has 0 bridgehead atoms. The maximum Gasteiger partial charge on any atom is 0.363 e. The summed E-state index contributed by atoms with van der Waals surface area (Å²) in [5, 5.41) is 0. The van der Waals surface area contributed by atoms with Crippen molar-refractivity contribution in [2.24, 2.45) is 4.99 Å². The Balaban J connectivity index is 1.98. The van der Waals surface area contributed by atoms with Crippen molar-refractivity contribution in [1.82, 2.24) is 0 Å². The molecule has 0 radical (unpaired) electrons. The van der Waals surface area contributed by atoms with E-state index < -0.39 is 5.97 Å². The zero-order chi connectivity index (χ0) is 17.1. The lowest BCUT2D eigenvalue weighted by Crippen LogP contribution is -2.05. The van der Waals surface area contributed by atoms with Gasteiger partial charge in [0.05, 0.1) is 14.2 Å². The fourth-order valence-electron chi connectivity index (χ4n) is 2.22. The van der Waals surface area contributed by atoms with E-state index in [1.54, 1.807) is 31.4 Å². The van der Waals surface area contributed by atoms with Crippen LogP contribution in [0.25, 0.3) is 6.08 Å². The molecule has 0 unspecified atom stereocenters. The van der Waals surface area contributed by atoms with Crippen molar-refractivity contribution in [2.75, 3.05) is 14.2 Å². The smallest absolute Gasteiger partial charge is 0.363 e. The Morgan fingerprint density at radius 2 is 1.83 bits per heavy atom. The van der Waals surface area contributed by atoms with Gasteiger partial charge in [-0.2, -0.15) is 0 Å². The van der Waals surface area contributed by atoms with Gasteiger partial charge in [0.25, 0.3) is 0 Å². The van der Waals surface area contributed by atoms with Gasteiger partial charge in [0, 0.05) is 11.1 Å². The molecule has 1 aliphatic heterocycles. The third-order valence-electron chi connectivity index (χ3n) is 3.44. The van der Waals surface area contributed by atoms with E-state index in [4.69, 9.17) is 14.2 Å². The fraction of sp³-hybridized carbons (Fsp3) is 0.111. The van der Waals surface area contributed by atoms with Crippen molar-refractivity contribution >= 4 is 17.9 Å². The maximum absolute atomic E-state index is 13.0. The second-order valence-corrected chi connectivity index (χ2v) is 4.95. The maximum atomic E-state index is 13.0. The van der Waals surface area contributed by atoms with Gasteiger partial charge in [0.2, 0.25) is 5.90 Å². The summed E-state index contributed by atoms with van der Waals surface area (Å²) in [6.45, 7) is 0. The predicted molar refractivity (Wildman–Crippen MR) is 86.6 cm³/mol. The average Bonchev–Trinajstić information content (AvgIpc) is 2.96. The molecule has 2 aromatic rings. The number of ether oxygens (including phenoxy) is 3. The second kappa shape index (κ2) is 6.54. The number of nitrogens with zero attached hydrogens (tertiary/aromatic N) is 1. The Morgan fingerprint density at radius 1 is 1.08 bits per heavy atom. The van der Waals surface area contributed by atoms with Gasteiger partial charge in [-0.25, -0.2) is 14.2 Å². The SMILES string of the molecule is COc1ccc(OC)c(/C=C2/N=C(c3ccc(F)cc3)OC2=O)c1. The molecule has 5 nitrogen and oxygen atoms in total. The van der Waals surface area contributed by atoms with Crippen molar-refractivity contribution in [3.63, 3.8) is 0 Å². The van der Waals surface area contributed by atoms with E-state index in [0.717, 1.165) is 0 Å². The third-order valence-corrected chi connectivity index (χ3v) is 3.44. The number of carbonyl (C=O) groups is 1. The number of esters is 1. The predicted octanol–water partition coefficient (Wildman–Crippen LogP) is 3.19. The first-order valence-electron chi connectivity index (χ1n) is 7.11. The van der Waals surface area contributed by atoms with Crippen molar-refractivity contribution in [2.45, 2.75) is 0 Å². The van der Waals surface area contributed by atoms with Gasteiger partial charge in [-0.05, 0) is 48.5 Å². The van der Waals surface area contributed by atoms with Crippen molar-refractivity contribution in [3.05, 3.63) is 65.1 Å². The van der Waals surface area contributed by atoms with Crippen LogP contribution in [0.4, 0.5) is 4.39 Å². The van der Waals surface area contributed by atoms with Crippen molar-refractivity contribution in [3.8, 4) is 11.5 Å². The number of methoxy groups -OCH3 is 2. The average molecular weight is 327 g/mol. The number of cyclic esters (lactones) is 1. The quantitative estimate of drug-likeness (QED) is 0.639. The van der Waals surface area contributed by atoms with Crippen LogP contribution in [0.2, 0.25) is 0 Å². The minimum atomic E-state index is -0.584. The van der Waals surface area contributed by atoms with Crippen LogP contribution < -0.4 is 9.47 Å². The van der Waals surface area contributed by atoms with Gasteiger partial charge in [-0.3, -0.25) is 0 Å². The van der Waals surface area contributed by atoms with E-state index in [2.05, 4.69) is 4.99 Å². The first-order chi connectivity index (χ1) is 11.6. The van der Waals surface area contributed by atoms with Crippen LogP contribution in [0.1, 0.15) is 11.1 Å². The second-order valence-electron chi connectivity index (χ2n) is 4.95. The molecule has 0 amide bonds. The molecule has 0 atom stereocenters. The van der Waals surface area contributed by atoms with Gasteiger partial charge in [0.15, 0.2) is 5.70 Å². The van der Waals surface area contributed by atoms with Crippen LogP contribution in [0.3, 0.4) is 0 Å². The number of carbonyl (C=O) groups excluding carboxylic acids is 1. The van der Waals surface area contributed by atoms with E-state index in [1.165, 1.54) is 31.4 Å². The van der Waals surface area contributed by atoms with Crippen LogP contribution in [-0.2, 0) is 9.53 Å². The van der Waals surface area contributed by atoms with Crippen molar-refractivity contribution in [1.29, 1.82) is 0 Å². The highest BCUT2D eigenvalue weighted by atomic mass is 19.1. The highest BCUT2D eigenvalue weighted by Gasteiger charge is 2.24. The molecule has 3 rings (SSSR count). The summed E-state index contributed by atoms with van der Waals surface area (Å²) in [5.74, 6) is 0.367. The number of halogens is 1. The number of rotatable bonds is 4. The minimum Gasteiger partial charge on any atom is -0.497 e. The molecule has 0 N–H and O–H groups in total. The largest absolute Gasteiger partial charge is 0.497 e. The molecule has 0 spiro atoms. The summed E-state index contributed by atoms with van der Waals surface area (Å²) in [6, 6.07) is 10.8. The number of hydrogen-bond acceptors (Lipinski definition) is 5. The summed E-state index contributed by atoms with van der Waals surface area (Å²) >= 11 is 0. The van der Waals surface area contributed by atoms with Crippen LogP contribution in [0.15, 0.2) is 53.2 Å². The Labute approximate surface area is 138 Å². The fourth-order valence-corrected chi connectivity index (χ4v) is 2.22. The zero-order valence-corrected chi connectivity index (χ0v) is 13.1. The molecule has 1 heterocycles. The molecule has 2 aromatic carbocycles. The lowest BCUT2D eigenvalue weighted by Gasteiger charge is -2.07. The molecule has 0 aliphatic carbocycles. The van der Waals surface area contributed by atoms with E-state index in [1.807, 2.05) is 0 Å². The lowest BCUT2D eigenvalue weighted by atomic mass is 10.1. The van der Waals surface area contributed by atoms with Gasteiger partial charge in [-0.1, -0.05) is 0 Å². The van der Waals surface area contributed by atoms with Crippen LogP contribution in [0, 0.1) is 5.82 Å². The third kappa shape index (κ3) is 3.12. The first kappa shape index (κ1) is 15.7. The normalized spacial score (nSPS) is 15.2. The Morgan fingerprint density at radius 3 is 2.50 bits per heavy atom.